The van der Waals surface area contributed by atoms with E-state index in [0.29, 0.717) is 17.4 Å². The van der Waals surface area contributed by atoms with E-state index in [1.165, 1.54) is 23.9 Å². The predicted molar refractivity (Wildman–Crippen MR) is 127 cm³/mol. The first kappa shape index (κ1) is 23.1. The molecule has 1 aliphatic carbocycles. The molecule has 1 amide bonds. The molecular formula is C25H26ClFN4O2. The molecule has 8 heteroatoms. The number of carbonyl (C=O) groups excluding carboxylic acids is 1. The van der Waals surface area contributed by atoms with E-state index in [0.717, 1.165) is 17.2 Å². The summed E-state index contributed by atoms with van der Waals surface area (Å²) in [7, 11) is 0. The molecule has 1 heterocycles. The second kappa shape index (κ2) is 9.05. The Balaban J connectivity index is 1.49. The summed E-state index contributed by atoms with van der Waals surface area (Å²) in [5, 5.41) is 14.7. The second-order valence-electron chi connectivity index (χ2n) is 9.25. The molecule has 1 fully saturated rings. The van der Waals surface area contributed by atoms with Gasteiger partial charge in [-0.1, -0.05) is 44.2 Å². The van der Waals surface area contributed by atoms with E-state index in [-0.39, 0.29) is 23.0 Å². The van der Waals surface area contributed by atoms with Crippen LogP contribution in [0.2, 0.25) is 5.02 Å². The minimum atomic E-state index is -1.26. The maximum atomic E-state index is 14.5. The fourth-order valence-electron chi connectivity index (χ4n) is 3.16. The lowest BCUT2D eigenvalue weighted by atomic mass is 9.95. The average molecular weight is 469 g/mol. The van der Waals surface area contributed by atoms with Crippen molar-refractivity contribution < 1.29 is 14.3 Å². The van der Waals surface area contributed by atoms with Gasteiger partial charge in [-0.05, 0) is 49.2 Å². The van der Waals surface area contributed by atoms with E-state index in [2.05, 4.69) is 27.6 Å². The van der Waals surface area contributed by atoms with Gasteiger partial charge in [0.05, 0.1) is 10.7 Å². The lowest BCUT2D eigenvalue weighted by Gasteiger charge is -2.24. The number of rotatable bonds is 4. The molecule has 33 heavy (non-hydrogen) atoms. The van der Waals surface area contributed by atoms with Crippen LogP contribution in [0, 0.1) is 29.0 Å². The third-order valence-electron chi connectivity index (χ3n) is 5.35. The zero-order valence-electron chi connectivity index (χ0n) is 18.7. The van der Waals surface area contributed by atoms with Gasteiger partial charge in [-0.2, -0.15) is 0 Å². The molecule has 3 N–H and O–H groups in total. The van der Waals surface area contributed by atoms with E-state index >= 15 is 0 Å². The Morgan fingerprint density at radius 1 is 1.30 bits per heavy atom. The number of aliphatic imine (C=N–C) groups is 1. The van der Waals surface area contributed by atoms with E-state index in [1.54, 1.807) is 20.8 Å². The van der Waals surface area contributed by atoms with E-state index in [1.807, 2.05) is 24.3 Å². The van der Waals surface area contributed by atoms with Crippen molar-refractivity contribution in [2.24, 2.45) is 16.3 Å². The first-order valence-corrected chi connectivity index (χ1v) is 11.2. The molecule has 1 unspecified atom stereocenters. The standard InChI is InChI=1S/C25H26ClFN4O2/c1-25(2,3)23(32)28-14-18-12-21(19(26)13-20(18)27)31-24(33)29-22(30-31)17-10-8-16(9-11-17)7-6-15-4-5-15/h8-13,15,24,33H,4-5,14H2,1-3H3,(H,28,32)(H,29,30). The van der Waals surface area contributed by atoms with Crippen LogP contribution in [-0.4, -0.2) is 23.2 Å². The molecular weight excluding hydrogens is 443 g/mol. The number of nitrogens with zero attached hydrogens (tertiary/aromatic N) is 2. The Morgan fingerprint density at radius 3 is 2.64 bits per heavy atom. The van der Waals surface area contributed by atoms with Crippen LogP contribution in [0.3, 0.4) is 0 Å². The highest BCUT2D eigenvalue weighted by molar-refractivity contribution is 6.33. The highest BCUT2D eigenvalue weighted by atomic mass is 35.5. The van der Waals surface area contributed by atoms with Gasteiger partial charge in [0.15, 0.2) is 5.84 Å². The van der Waals surface area contributed by atoms with Crippen molar-refractivity contribution in [3.05, 3.63) is 63.9 Å². The molecule has 0 radical (unpaired) electrons. The maximum Gasteiger partial charge on any atom is 0.245 e. The van der Waals surface area contributed by atoms with Gasteiger partial charge < -0.3 is 10.4 Å². The third-order valence-corrected chi connectivity index (χ3v) is 5.66. The van der Waals surface area contributed by atoms with Gasteiger partial charge in [-0.15, -0.1) is 0 Å². The smallest absolute Gasteiger partial charge is 0.245 e. The summed E-state index contributed by atoms with van der Waals surface area (Å²) in [5.41, 5.74) is 4.71. The fourth-order valence-corrected chi connectivity index (χ4v) is 3.41. The van der Waals surface area contributed by atoms with Crippen molar-refractivity contribution in [1.29, 1.82) is 0 Å². The van der Waals surface area contributed by atoms with E-state index in [4.69, 9.17) is 11.6 Å². The molecule has 0 spiro atoms. The molecule has 0 aromatic heterocycles. The third kappa shape index (κ3) is 5.47. The zero-order chi connectivity index (χ0) is 23.8. The monoisotopic (exact) mass is 468 g/mol. The molecule has 0 saturated heterocycles. The summed E-state index contributed by atoms with van der Waals surface area (Å²) < 4.78 is 14.5. The largest absolute Gasteiger partial charge is 0.354 e. The number of amidine groups is 1. The fraction of sp³-hybridized carbons (Fsp3) is 0.360. The maximum absolute atomic E-state index is 14.5. The van der Waals surface area contributed by atoms with Gasteiger partial charge in [0.25, 0.3) is 0 Å². The quantitative estimate of drug-likeness (QED) is 0.594. The Hall–Kier alpha value is -3.08. The second-order valence-corrected chi connectivity index (χ2v) is 9.66. The first-order chi connectivity index (χ1) is 15.6. The predicted octanol–water partition coefficient (Wildman–Crippen LogP) is 3.95. The number of hydrogen-bond donors (Lipinski definition) is 3. The highest BCUT2D eigenvalue weighted by Gasteiger charge is 2.28. The number of carbonyl (C=O) groups is 1. The molecule has 0 bridgehead atoms. The average Bonchev–Trinajstić information content (AvgIpc) is 3.51. The normalized spacial score (nSPS) is 17.7. The van der Waals surface area contributed by atoms with Crippen LogP contribution in [-0.2, 0) is 11.3 Å². The number of anilines is 1. The van der Waals surface area contributed by atoms with Crippen molar-refractivity contribution in [3.63, 3.8) is 0 Å². The van der Waals surface area contributed by atoms with Gasteiger partial charge >= 0.3 is 0 Å². The van der Waals surface area contributed by atoms with Crippen LogP contribution < -0.4 is 15.8 Å². The van der Waals surface area contributed by atoms with Gasteiger partial charge in [0.2, 0.25) is 12.3 Å². The zero-order valence-corrected chi connectivity index (χ0v) is 19.5. The van der Waals surface area contributed by atoms with Crippen molar-refractivity contribution in [2.75, 3.05) is 5.01 Å². The molecule has 2 aromatic carbocycles. The molecule has 2 aromatic rings. The summed E-state index contributed by atoms with van der Waals surface area (Å²) in [6.07, 6.45) is 1.10. The summed E-state index contributed by atoms with van der Waals surface area (Å²) >= 11 is 6.28. The van der Waals surface area contributed by atoms with Gasteiger partial charge in [-0.3, -0.25) is 10.2 Å². The molecule has 2 aliphatic rings. The minimum Gasteiger partial charge on any atom is -0.354 e. The number of nitrogens with one attached hydrogen (secondary N) is 2. The van der Waals surface area contributed by atoms with E-state index in [9.17, 15) is 14.3 Å². The summed E-state index contributed by atoms with van der Waals surface area (Å²) in [6, 6.07) is 10.2. The van der Waals surface area contributed by atoms with Crippen LogP contribution in [0.15, 0.2) is 41.4 Å². The van der Waals surface area contributed by atoms with Crippen molar-refractivity contribution in [2.45, 2.75) is 46.5 Å². The molecule has 1 atom stereocenters. The number of benzene rings is 2. The summed E-state index contributed by atoms with van der Waals surface area (Å²) in [4.78, 5) is 16.4. The number of hydrazine groups is 1. The van der Waals surface area contributed by atoms with Gasteiger partial charge in [-0.25, -0.2) is 14.4 Å². The lowest BCUT2D eigenvalue weighted by molar-refractivity contribution is -0.128. The van der Waals surface area contributed by atoms with Crippen LogP contribution in [0.25, 0.3) is 0 Å². The molecule has 1 saturated carbocycles. The van der Waals surface area contributed by atoms with Crippen LogP contribution >= 0.6 is 11.6 Å². The number of amides is 1. The van der Waals surface area contributed by atoms with Crippen LogP contribution in [0.5, 0.6) is 0 Å². The van der Waals surface area contributed by atoms with Crippen molar-refractivity contribution in [1.82, 2.24) is 10.7 Å². The first-order valence-electron chi connectivity index (χ1n) is 10.8. The molecule has 172 valence electrons. The highest BCUT2D eigenvalue weighted by Crippen LogP contribution is 2.31. The Kier molecular flexibility index (Phi) is 6.33. The van der Waals surface area contributed by atoms with Crippen molar-refractivity contribution in [3.8, 4) is 11.8 Å². The minimum absolute atomic E-state index is 0.00684. The Labute approximate surface area is 197 Å². The Morgan fingerprint density at radius 2 is 2.00 bits per heavy atom. The number of aliphatic hydroxyl groups is 1. The summed E-state index contributed by atoms with van der Waals surface area (Å²) in [6.45, 7) is 5.33. The number of aliphatic hydroxyl groups excluding tert-OH is 1. The van der Waals surface area contributed by atoms with Gasteiger partial charge in [0, 0.05) is 34.6 Å². The van der Waals surface area contributed by atoms with E-state index < -0.39 is 17.6 Å². The Bertz CT molecular complexity index is 1160. The lowest BCUT2D eigenvalue weighted by Crippen LogP contribution is -2.41. The number of hydrogen-bond acceptors (Lipinski definition) is 5. The molecule has 1 aliphatic heterocycles. The van der Waals surface area contributed by atoms with Crippen LogP contribution in [0.1, 0.15) is 50.3 Å². The topological polar surface area (TPSA) is 77.0 Å². The summed E-state index contributed by atoms with van der Waals surface area (Å²) in [5.74, 6) is 6.62. The molecule has 4 rings (SSSR count). The molecule has 6 nitrogen and oxygen atoms in total. The van der Waals surface area contributed by atoms with Crippen LogP contribution in [0.4, 0.5) is 10.1 Å². The SMILES string of the molecule is CC(C)(C)C(=O)NCc1cc(N2NC(c3ccc(C#CC4CC4)cc3)=NC2O)c(Cl)cc1F. The van der Waals surface area contributed by atoms with Gasteiger partial charge in [0.1, 0.15) is 5.82 Å². The number of halogens is 2. The van der Waals surface area contributed by atoms with Crippen molar-refractivity contribution >= 4 is 29.0 Å².